The van der Waals surface area contributed by atoms with Gasteiger partial charge in [-0.2, -0.15) is 0 Å². The highest BCUT2D eigenvalue weighted by Gasteiger charge is 2.29. The van der Waals surface area contributed by atoms with Crippen molar-refractivity contribution in [3.8, 4) is 0 Å². The average Bonchev–Trinajstić information content (AvgIpc) is 1.82. The van der Waals surface area contributed by atoms with Gasteiger partial charge in [0.15, 0.2) is 0 Å². The average molecular weight is 159 g/mol. The van der Waals surface area contributed by atoms with Gasteiger partial charge >= 0.3 is 0 Å². The minimum Gasteiger partial charge on any atom is -0.391 e. The normalized spacial score (nSPS) is 18.5. The molecule has 0 spiro atoms. The van der Waals surface area contributed by atoms with Crippen LogP contribution in [-0.2, 0) is 0 Å². The molecule has 2 nitrogen and oxygen atoms in total. The van der Waals surface area contributed by atoms with E-state index in [0.29, 0.717) is 5.92 Å². The first-order chi connectivity index (χ1) is 4.76. The maximum Gasteiger partial charge on any atom is 0.0741 e. The highest BCUT2D eigenvalue weighted by atomic mass is 16.3. The number of nitrogens with two attached hydrogens (primary N) is 1. The quantitative estimate of drug-likeness (QED) is 0.639. The summed E-state index contributed by atoms with van der Waals surface area (Å²) < 4.78 is 0. The maximum absolute atomic E-state index is 9.70. The minimum absolute atomic E-state index is 0.107. The smallest absolute Gasteiger partial charge is 0.0741 e. The highest BCUT2D eigenvalue weighted by Crippen LogP contribution is 2.23. The van der Waals surface area contributed by atoms with Gasteiger partial charge in [-0.15, -0.1) is 0 Å². The van der Waals surface area contributed by atoms with Crippen molar-refractivity contribution in [2.75, 3.05) is 0 Å². The Balaban J connectivity index is 4.13. The molecule has 0 fully saturated rings. The molecule has 0 amide bonds. The van der Waals surface area contributed by atoms with E-state index in [4.69, 9.17) is 5.73 Å². The molecule has 0 unspecified atom stereocenters. The molecule has 0 aromatic carbocycles. The summed E-state index contributed by atoms with van der Waals surface area (Å²) in [5.41, 5.74) is 5.69. The lowest BCUT2D eigenvalue weighted by molar-refractivity contribution is 0.0276. The Kier molecular flexibility index (Phi) is 3.52. The van der Waals surface area contributed by atoms with Crippen LogP contribution < -0.4 is 5.73 Å². The molecule has 0 radical (unpaired) electrons. The summed E-state index contributed by atoms with van der Waals surface area (Å²) in [6, 6.07) is -0.116. The van der Waals surface area contributed by atoms with Crippen molar-refractivity contribution >= 4 is 0 Å². The van der Waals surface area contributed by atoms with Crippen LogP contribution in [0.1, 0.15) is 34.6 Å². The number of hydrogen-bond donors (Lipinski definition) is 2. The SMILES string of the molecule is CC(C)[C@H](N)[C@H](O)C(C)(C)C. The molecule has 0 aliphatic rings. The Morgan fingerprint density at radius 2 is 1.55 bits per heavy atom. The first kappa shape index (κ1) is 10.9. The summed E-state index contributed by atoms with van der Waals surface area (Å²) in [7, 11) is 0. The molecule has 0 heterocycles. The van der Waals surface area contributed by atoms with E-state index in [-0.39, 0.29) is 11.5 Å². The molecule has 0 saturated heterocycles. The second kappa shape index (κ2) is 3.55. The number of hydrogen-bond acceptors (Lipinski definition) is 2. The molecule has 0 bridgehead atoms. The van der Waals surface area contributed by atoms with Crippen LogP contribution in [0, 0.1) is 11.3 Å². The van der Waals surface area contributed by atoms with Gasteiger partial charge in [0, 0.05) is 6.04 Å². The summed E-state index contributed by atoms with van der Waals surface area (Å²) >= 11 is 0. The predicted octanol–water partition coefficient (Wildman–Crippen LogP) is 1.38. The van der Waals surface area contributed by atoms with Crippen molar-refractivity contribution in [1.82, 2.24) is 0 Å². The van der Waals surface area contributed by atoms with Crippen LogP contribution in [0.2, 0.25) is 0 Å². The Hall–Kier alpha value is -0.0800. The van der Waals surface area contributed by atoms with E-state index in [1.54, 1.807) is 0 Å². The number of aliphatic hydroxyl groups is 1. The molecular formula is C9H21NO. The summed E-state index contributed by atoms with van der Waals surface area (Å²) in [6.45, 7) is 10.1. The first-order valence-corrected chi connectivity index (χ1v) is 4.20. The molecule has 0 saturated carbocycles. The zero-order valence-corrected chi connectivity index (χ0v) is 8.26. The van der Waals surface area contributed by atoms with Crippen LogP contribution in [0.3, 0.4) is 0 Å². The molecule has 0 aromatic rings. The van der Waals surface area contributed by atoms with Gasteiger partial charge in [-0.3, -0.25) is 0 Å². The van der Waals surface area contributed by atoms with Gasteiger partial charge in [-0.1, -0.05) is 34.6 Å². The van der Waals surface area contributed by atoms with Crippen LogP contribution in [0.15, 0.2) is 0 Å². The summed E-state index contributed by atoms with van der Waals surface area (Å²) in [5.74, 6) is 0.337. The largest absolute Gasteiger partial charge is 0.391 e. The van der Waals surface area contributed by atoms with Crippen LogP contribution in [0.25, 0.3) is 0 Å². The van der Waals surface area contributed by atoms with Crippen molar-refractivity contribution in [2.45, 2.75) is 46.8 Å². The lowest BCUT2D eigenvalue weighted by Crippen LogP contribution is -2.46. The highest BCUT2D eigenvalue weighted by molar-refractivity contribution is 4.83. The minimum atomic E-state index is -0.414. The molecule has 2 heteroatoms. The molecule has 0 aliphatic carbocycles. The molecular weight excluding hydrogens is 138 g/mol. The van der Waals surface area contributed by atoms with Gasteiger partial charge in [0.1, 0.15) is 0 Å². The van der Waals surface area contributed by atoms with Crippen LogP contribution >= 0.6 is 0 Å². The van der Waals surface area contributed by atoms with Gasteiger partial charge in [-0.05, 0) is 11.3 Å². The predicted molar refractivity (Wildman–Crippen MR) is 48.3 cm³/mol. The topological polar surface area (TPSA) is 46.2 Å². The first-order valence-electron chi connectivity index (χ1n) is 4.20. The summed E-state index contributed by atoms with van der Waals surface area (Å²) in [5, 5.41) is 9.70. The van der Waals surface area contributed by atoms with Gasteiger partial charge in [0.2, 0.25) is 0 Å². The van der Waals surface area contributed by atoms with Crippen molar-refractivity contribution in [3.63, 3.8) is 0 Å². The van der Waals surface area contributed by atoms with Gasteiger partial charge < -0.3 is 10.8 Å². The fourth-order valence-electron chi connectivity index (χ4n) is 0.942. The van der Waals surface area contributed by atoms with E-state index in [0.717, 1.165) is 0 Å². The van der Waals surface area contributed by atoms with Crippen molar-refractivity contribution < 1.29 is 5.11 Å². The van der Waals surface area contributed by atoms with Crippen LogP contribution in [0.5, 0.6) is 0 Å². The fraction of sp³-hybridized carbons (Fsp3) is 1.00. The molecule has 2 atom stereocenters. The van der Waals surface area contributed by atoms with E-state index in [2.05, 4.69) is 0 Å². The molecule has 3 N–H and O–H groups in total. The molecule has 11 heavy (non-hydrogen) atoms. The van der Waals surface area contributed by atoms with Gasteiger partial charge in [-0.25, -0.2) is 0 Å². The summed E-state index contributed by atoms with van der Waals surface area (Å²) in [4.78, 5) is 0. The number of aliphatic hydroxyl groups excluding tert-OH is 1. The lowest BCUT2D eigenvalue weighted by Gasteiger charge is -2.32. The van der Waals surface area contributed by atoms with Crippen molar-refractivity contribution in [2.24, 2.45) is 17.1 Å². The Labute approximate surface area is 69.8 Å². The lowest BCUT2D eigenvalue weighted by atomic mass is 9.81. The zero-order chi connectivity index (χ0) is 9.23. The summed E-state index contributed by atoms with van der Waals surface area (Å²) in [6.07, 6.45) is -0.414. The maximum atomic E-state index is 9.70. The van der Waals surface area contributed by atoms with E-state index in [9.17, 15) is 5.11 Å². The molecule has 0 aliphatic heterocycles. The van der Waals surface area contributed by atoms with Crippen molar-refractivity contribution in [1.29, 1.82) is 0 Å². The van der Waals surface area contributed by atoms with E-state index in [1.807, 2.05) is 34.6 Å². The van der Waals surface area contributed by atoms with E-state index < -0.39 is 6.10 Å². The fourth-order valence-corrected chi connectivity index (χ4v) is 0.942. The molecule has 68 valence electrons. The second-order valence-electron chi connectivity index (χ2n) is 4.63. The third-order valence-electron chi connectivity index (χ3n) is 2.02. The standard InChI is InChI=1S/C9H21NO/c1-6(2)7(10)8(11)9(3,4)5/h6-8,11H,10H2,1-5H3/t7-,8-/m0/s1. The van der Waals surface area contributed by atoms with Crippen molar-refractivity contribution in [3.05, 3.63) is 0 Å². The van der Waals surface area contributed by atoms with Gasteiger partial charge in [0.25, 0.3) is 0 Å². The Morgan fingerprint density at radius 1 is 1.18 bits per heavy atom. The van der Waals surface area contributed by atoms with E-state index >= 15 is 0 Å². The van der Waals surface area contributed by atoms with Crippen LogP contribution in [0.4, 0.5) is 0 Å². The third-order valence-corrected chi connectivity index (χ3v) is 2.02. The second-order valence-corrected chi connectivity index (χ2v) is 4.63. The zero-order valence-electron chi connectivity index (χ0n) is 8.26. The monoisotopic (exact) mass is 159 g/mol. The van der Waals surface area contributed by atoms with E-state index in [1.165, 1.54) is 0 Å². The molecule has 0 aromatic heterocycles. The number of rotatable bonds is 2. The Morgan fingerprint density at radius 3 is 1.64 bits per heavy atom. The van der Waals surface area contributed by atoms with Crippen LogP contribution in [-0.4, -0.2) is 17.3 Å². The third kappa shape index (κ3) is 3.21. The Bertz CT molecular complexity index is 115. The molecule has 0 rings (SSSR count). The van der Waals surface area contributed by atoms with Gasteiger partial charge in [0.05, 0.1) is 6.10 Å².